The molecule has 2 nitrogen and oxygen atoms in total. The van der Waals surface area contributed by atoms with Gasteiger partial charge in [0.2, 0.25) is 0 Å². The van der Waals surface area contributed by atoms with Crippen molar-refractivity contribution in [3.8, 4) is 0 Å². The van der Waals surface area contributed by atoms with Gasteiger partial charge in [-0.1, -0.05) is 30.3 Å². The molecule has 1 aromatic rings. The van der Waals surface area contributed by atoms with Gasteiger partial charge in [0.15, 0.2) is 6.29 Å². The number of allylic oxidation sites excluding steroid dienone is 2. The average Bonchev–Trinajstić information content (AvgIpc) is 2.30. The highest BCUT2D eigenvalue weighted by Crippen LogP contribution is 2.30. The zero-order chi connectivity index (χ0) is 11.4. The number of hydrogen-bond donors (Lipinski definition) is 0. The third-order valence-electron chi connectivity index (χ3n) is 2.78. The van der Waals surface area contributed by atoms with Gasteiger partial charge in [-0.25, -0.2) is 0 Å². The summed E-state index contributed by atoms with van der Waals surface area (Å²) in [7, 11) is 0. The minimum absolute atomic E-state index is 0.0970. The Bertz CT molecular complexity index is 356. The third kappa shape index (κ3) is 2.64. The summed E-state index contributed by atoms with van der Waals surface area (Å²) in [4.78, 5) is 0. The molecule has 0 unspecified atom stereocenters. The van der Waals surface area contributed by atoms with E-state index in [1.807, 2.05) is 19.9 Å². The molecule has 2 rings (SSSR count). The van der Waals surface area contributed by atoms with Gasteiger partial charge < -0.3 is 9.47 Å². The topological polar surface area (TPSA) is 18.5 Å². The van der Waals surface area contributed by atoms with E-state index in [0.717, 1.165) is 12.2 Å². The number of benzene rings is 1. The highest BCUT2D eigenvalue weighted by molar-refractivity contribution is 5.25. The molecule has 1 heterocycles. The van der Waals surface area contributed by atoms with Gasteiger partial charge in [0.25, 0.3) is 0 Å². The van der Waals surface area contributed by atoms with Gasteiger partial charge in [-0.3, -0.25) is 0 Å². The summed E-state index contributed by atoms with van der Waals surface area (Å²) in [5.41, 5.74) is 1.33. The molecule has 1 aliphatic rings. The van der Waals surface area contributed by atoms with Crippen LogP contribution in [0.5, 0.6) is 0 Å². The smallest absolute Gasteiger partial charge is 0.200 e. The van der Waals surface area contributed by atoms with Crippen LogP contribution in [-0.2, 0) is 9.47 Å². The standard InChI is InChI=1S/C14H18O2/c1-3-15-14-10-13(9-11(2)16-14)12-7-5-4-6-8-12/h4-9,13-14H,3,10H2,1-2H3/t13-,14+/m0/s1. The van der Waals surface area contributed by atoms with Crippen LogP contribution in [0.15, 0.2) is 42.2 Å². The van der Waals surface area contributed by atoms with Gasteiger partial charge >= 0.3 is 0 Å². The summed E-state index contributed by atoms with van der Waals surface area (Å²) in [6.07, 6.45) is 2.97. The van der Waals surface area contributed by atoms with Crippen molar-refractivity contribution in [2.75, 3.05) is 6.61 Å². The van der Waals surface area contributed by atoms with Crippen LogP contribution in [0.25, 0.3) is 0 Å². The Labute approximate surface area is 96.9 Å². The SMILES string of the molecule is CCO[C@H]1C[C@@H](c2ccccc2)C=C(C)O1. The molecule has 0 saturated carbocycles. The second-order valence-corrected chi connectivity index (χ2v) is 4.03. The molecule has 0 N–H and O–H groups in total. The number of rotatable bonds is 3. The van der Waals surface area contributed by atoms with Gasteiger partial charge in [0.05, 0.1) is 5.76 Å². The summed E-state index contributed by atoms with van der Waals surface area (Å²) < 4.78 is 11.2. The molecule has 86 valence electrons. The second kappa shape index (κ2) is 5.17. The van der Waals surface area contributed by atoms with E-state index in [-0.39, 0.29) is 6.29 Å². The summed E-state index contributed by atoms with van der Waals surface area (Å²) in [5.74, 6) is 1.37. The maximum atomic E-state index is 5.62. The maximum Gasteiger partial charge on any atom is 0.200 e. The summed E-state index contributed by atoms with van der Waals surface area (Å²) in [5, 5.41) is 0. The van der Waals surface area contributed by atoms with Crippen molar-refractivity contribution in [2.24, 2.45) is 0 Å². The van der Waals surface area contributed by atoms with Crippen LogP contribution in [0.2, 0.25) is 0 Å². The summed E-state index contributed by atoms with van der Waals surface area (Å²) in [6.45, 7) is 4.68. The van der Waals surface area contributed by atoms with Crippen molar-refractivity contribution < 1.29 is 9.47 Å². The van der Waals surface area contributed by atoms with Crippen LogP contribution in [0.1, 0.15) is 31.7 Å². The van der Waals surface area contributed by atoms with Crippen LogP contribution in [0.4, 0.5) is 0 Å². The Hall–Kier alpha value is -1.28. The zero-order valence-electron chi connectivity index (χ0n) is 9.85. The van der Waals surface area contributed by atoms with E-state index in [1.54, 1.807) is 0 Å². The Balaban J connectivity index is 2.13. The van der Waals surface area contributed by atoms with Crippen LogP contribution < -0.4 is 0 Å². The van der Waals surface area contributed by atoms with Gasteiger partial charge in [0.1, 0.15) is 0 Å². The van der Waals surface area contributed by atoms with Crippen LogP contribution in [0.3, 0.4) is 0 Å². The van der Waals surface area contributed by atoms with Gasteiger partial charge in [-0.2, -0.15) is 0 Å². The van der Waals surface area contributed by atoms with Crippen molar-refractivity contribution >= 4 is 0 Å². The Morgan fingerprint density at radius 1 is 1.31 bits per heavy atom. The molecule has 0 radical (unpaired) electrons. The quantitative estimate of drug-likeness (QED) is 0.773. The van der Waals surface area contributed by atoms with Gasteiger partial charge in [-0.15, -0.1) is 0 Å². The van der Waals surface area contributed by atoms with E-state index in [4.69, 9.17) is 9.47 Å². The fourth-order valence-electron chi connectivity index (χ4n) is 2.07. The highest BCUT2D eigenvalue weighted by atomic mass is 16.7. The lowest BCUT2D eigenvalue weighted by molar-refractivity contribution is -0.124. The van der Waals surface area contributed by atoms with E-state index in [9.17, 15) is 0 Å². The zero-order valence-corrected chi connectivity index (χ0v) is 9.85. The van der Waals surface area contributed by atoms with Crippen LogP contribution in [0, 0.1) is 0 Å². The Kier molecular flexibility index (Phi) is 3.62. The van der Waals surface area contributed by atoms with Crippen molar-refractivity contribution in [2.45, 2.75) is 32.5 Å². The molecule has 0 spiro atoms. The molecular weight excluding hydrogens is 200 g/mol. The van der Waals surface area contributed by atoms with E-state index < -0.39 is 0 Å². The van der Waals surface area contributed by atoms with Crippen molar-refractivity contribution in [3.05, 3.63) is 47.7 Å². The first-order chi connectivity index (χ1) is 7.79. The molecule has 1 aromatic carbocycles. The van der Waals surface area contributed by atoms with E-state index in [1.165, 1.54) is 5.56 Å². The second-order valence-electron chi connectivity index (χ2n) is 4.03. The lowest BCUT2D eigenvalue weighted by Crippen LogP contribution is -2.23. The van der Waals surface area contributed by atoms with Gasteiger partial charge in [-0.05, 0) is 25.5 Å². The predicted molar refractivity (Wildman–Crippen MR) is 64.1 cm³/mol. The molecule has 1 aliphatic heterocycles. The molecular formula is C14H18O2. The van der Waals surface area contributed by atoms with Crippen LogP contribution in [-0.4, -0.2) is 12.9 Å². The fourth-order valence-corrected chi connectivity index (χ4v) is 2.07. The molecule has 2 heteroatoms. The molecule has 0 aliphatic carbocycles. The molecule has 2 atom stereocenters. The number of ether oxygens (including phenoxy) is 2. The monoisotopic (exact) mass is 218 g/mol. The lowest BCUT2D eigenvalue weighted by atomic mass is 9.93. The first-order valence-corrected chi connectivity index (χ1v) is 5.81. The summed E-state index contributed by atoms with van der Waals surface area (Å²) in [6, 6.07) is 10.5. The fraction of sp³-hybridized carbons (Fsp3) is 0.429. The van der Waals surface area contributed by atoms with Crippen molar-refractivity contribution in [1.82, 2.24) is 0 Å². The van der Waals surface area contributed by atoms with Gasteiger partial charge in [0, 0.05) is 18.9 Å². The average molecular weight is 218 g/mol. The molecule has 0 amide bonds. The van der Waals surface area contributed by atoms with E-state index in [0.29, 0.717) is 12.5 Å². The molecule has 0 fully saturated rings. The van der Waals surface area contributed by atoms with Crippen LogP contribution >= 0.6 is 0 Å². The Morgan fingerprint density at radius 3 is 2.75 bits per heavy atom. The third-order valence-corrected chi connectivity index (χ3v) is 2.78. The Morgan fingerprint density at radius 2 is 2.06 bits per heavy atom. The number of hydrogen-bond acceptors (Lipinski definition) is 2. The summed E-state index contributed by atoms with van der Waals surface area (Å²) >= 11 is 0. The van der Waals surface area contributed by atoms with Crippen molar-refractivity contribution in [3.63, 3.8) is 0 Å². The first-order valence-electron chi connectivity index (χ1n) is 5.81. The minimum Gasteiger partial charge on any atom is -0.470 e. The van der Waals surface area contributed by atoms with E-state index >= 15 is 0 Å². The largest absolute Gasteiger partial charge is 0.470 e. The first kappa shape index (κ1) is 11.2. The maximum absolute atomic E-state index is 5.62. The van der Waals surface area contributed by atoms with E-state index in [2.05, 4.69) is 30.3 Å². The molecule has 0 bridgehead atoms. The minimum atomic E-state index is -0.0970. The molecule has 0 aromatic heterocycles. The normalized spacial score (nSPS) is 24.8. The molecule has 16 heavy (non-hydrogen) atoms. The predicted octanol–water partition coefficient (Wildman–Crippen LogP) is 3.46. The van der Waals surface area contributed by atoms with Crippen molar-refractivity contribution in [1.29, 1.82) is 0 Å². The highest BCUT2D eigenvalue weighted by Gasteiger charge is 2.22. The molecule has 0 saturated heterocycles. The lowest BCUT2D eigenvalue weighted by Gasteiger charge is -2.28.